The van der Waals surface area contributed by atoms with Crippen LogP contribution >= 0.6 is 23.4 Å². The van der Waals surface area contributed by atoms with Gasteiger partial charge in [0.05, 0.1) is 24.8 Å². The highest BCUT2D eigenvalue weighted by atomic mass is 35.5. The molecule has 2 aromatic carbocycles. The second-order valence-electron chi connectivity index (χ2n) is 7.23. The monoisotopic (exact) mass is 470 g/mol. The van der Waals surface area contributed by atoms with Gasteiger partial charge in [-0.05, 0) is 43.0 Å². The lowest BCUT2D eigenvalue weighted by atomic mass is 9.94. The molecule has 4 rings (SSSR count). The summed E-state index contributed by atoms with van der Waals surface area (Å²) in [5.41, 5.74) is 3.17. The van der Waals surface area contributed by atoms with Crippen molar-refractivity contribution in [3.05, 3.63) is 70.7 Å². The van der Waals surface area contributed by atoms with E-state index in [1.807, 2.05) is 49.6 Å². The summed E-state index contributed by atoms with van der Waals surface area (Å²) in [5, 5.41) is 7.83. The van der Waals surface area contributed by atoms with Gasteiger partial charge in [0.1, 0.15) is 0 Å². The summed E-state index contributed by atoms with van der Waals surface area (Å²) >= 11 is 7.78. The third-order valence-corrected chi connectivity index (χ3v) is 6.28. The van der Waals surface area contributed by atoms with Crippen molar-refractivity contribution in [3.63, 3.8) is 0 Å². The number of carbonyl (C=O) groups is 1. The number of amides is 2. The molecule has 7 nitrogen and oxygen atoms in total. The molecule has 0 fully saturated rings. The number of hydrogen-bond donors (Lipinski definition) is 1. The van der Waals surface area contributed by atoms with Crippen molar-refractivity contribution in [1.82, 2.24) is 20.4 Å². The third-order valence-electron chi connectivity index (χ3n) is 5.30. The van der Waals surface area contributed by atoms with Gasteiger partial charge < -0.3 is 14.6 Å². The zero-order valence-electron chi connectivity index (χ0n) is 18.0. The zero-order chi connectivity index (χ0) is 22.7. The van der Waals surface area contributed by atoms with Crippen LogP contribution in [-0.2, 0) is 4.74 Å². The molecule has 0 aliphatic carbocycles. The normalized spacial score (nSPS) is 16.4. The van der Waals surface area contributed by atoms with Crippen LogP contribution in [-0.4, -0.2) is 47.6 Å². The summed E-state index contributed by atoms with van der Waals surface area (Å²) in [6, 6.07) is 14.7. The second kappa shape index (κ2) is 9.77. The molecule has 1 unspecified atom stereocenters. The maximum absolute atomic E-state index is 12.9. The number of carbonyl (C=O) groups excluding carboxylic acids is 1. The predicted octanol–water partition coefficient (Wildman–Crippen LogP) is 5.26. The highest BCUT2D eigenvalue weighted by Gasteiger charge is 2.35. The van der Waals surface area contributed by atoms with Crippen molar-refractivity contribution in [3.8, 4) is 11.4 Å². The van der Waals surface area contributed by atoms with Crippen molar-refractivity contribution in [2.75, 3.05) is 26.5 Å². The van der Waals surface area contributed by atoms with Gasteiger partial charge in [-0.15, -0.1) is 11.8 Å². The van der Waals surface area contributed by atoms with Gasteiger partial charge in [-0.25, -0.2) is 4.79 Å². The number of nitrogens with one attached hydrogen (secondary N) is 1. The second-order valence-corrected chi connectivity index (χ2v) is 8.55. The summed E-state index contributed by atoms with van der Waals surface area (Å²) in [4.78, 5) is 20.3. The van der Waals surface area contributed by atoms with Crippen LogP contribution in [0.1, 0.15) is 24.4 Å². The van der Waals surface area contributed by atoms with Crippen LogP contribution in [0, 0.1) is 0 Å². The van der Waals surface area contributed by atoms with Gasteiger partial charge in [-0.2, -0.15) is 4.98 Å². The summed E-state index contributed by atoms with van der Waals surface area (Å²) < 4.78 is 10.9. The van der Waals surface area contributed by atoms with E-state index in [0.29, 0.717) is 29.9 Å². The van der Waals surface area contributed by atoms with E-state index in [1.165, 1.54) is 0 Å². The van der Waals surface area contributed by atoms with Crippen LogP contribution in [0.2, 0.25) is 5.02 Å². The molecule has 32 heavy (non-hydrogen) atoms. The third kappa shape index (κ3) is 4.53. The minimum absolute atomic E-state index is 0.197. The van der Waals surface area contributed by atoms with E-state index in [2.05, 4.69) is 15.5 Å². The van der Waals surface area contributed by atoms with E-state index in [0.717, 1.165) is 27.3 Å². The molecule has 2 amide bonds. The zero-order valence-corrected chi connectivity index (χ0v) is 19.5. The number of urea groups is 1. The Morgan fingerprint density at radius 1 is 1.25 bits per heavy atom. The molecule has 2 heterocycles. The Balaban J connectivity index is 1.79. The number of benzene rings is 2. The van der Waals surface area contributed by atoms with E-state index in [1.54, 1.807) is 35.9 Å². The fourth-order valence-corrected chi connectivity index (χ4v) is 4.23. The molecule has 1 atom stereocenters. The number of aromatic nitrogens is 2. The Kier molecular flexibility index (Phi) is 6.83. The molecule has 166 valence electrons. The number of rotatable bonds is 7. The summed E-state index contributed by atoms with van der Waals surface area (Å²) in [6.45, 7) is 2.70. The number of methoxy groups -OCH3 is 1. The molecule has 0 radical (unpaired) electrons. The average molecular weight is 471 g/mol. The van der Waals surface area contributed by atoms with E-state index in [4.69, 9.17) is 20.9 Å². The molecule has 0 saturated carbocycles. The largest absolute Gasteiger partial charge is 0.383 e. The van der Waals surface area contributed by atoms with Gasteiger partial charge in [0.2, 0.25) is 5.82 Å². The van der Waals surface area contributed by atoms with Crippen LogP contribution in [0.5, 0.6) is 0 Å². The van der Waals surface area contributed by atoms with Gasteiger partial charge in [-0.3, -0.25) is 4.90 Å². The van der Waals surface area contributed by atoms with Crippen molar-refractivity contribution >= 4 is 35.0 Å². The first kappa shape index (κ1) is 22.4. The predicted molar refractivity (Wildman–Crippen MR) is 125 cm³/mol. The highest BCUT2D eigenvalue weighted by Crippen LogP contribution is 2.37. The number of thioether (sulfide) groups is 1. The molecule has 1 aliphatic rings. The van der Waals surface area contributed by atoms with Gasteiger partial charge in [0, 0.05) is 28.3 Å². The molecule has 9 heteroatoms. The van der Waals surface area contributed by atoms with Gasteiger partial charge >= 0.3 is 6.03 Å². The summed E-state index contributed by atoms with van der Waals surface area (Å²) in [5.74, 6) is 0.776. The fourth-order valence-electron chi connectivity index (χ4n) is 3.63. The van der Waals surface area contributed by atoms with Gasteiger partial charge in [0.15, 0.2) is 0 Å². The highest BCUT2D eigenvalue weighted by molar-refractivity contribution is 7.98. The number of hydrogen-bond acceptors (Lipinski definition) is 6. The van der Waals surface area contributed by atoms with Crippen LogP contribution in [0.4, 0.5) is 4.79 Å². The summed E-state index contributed by atoms with van der Waals surface area (Å²) in [6.07, 6.45) is 2.02. The Labute approximate surface area is 195 Å². The quantitative estimate of drug-likeness (QED) is 0.474. The molecule has 3 aromatic rings. The minimum atomic E-state index is -0.426. The molecular weight excluding hydrogens is 448 g/mol. The van der Waals surface area contributed by atoms with Gasteiger partial charge in [-0.1, -0.05) is 41.0 Å². The Hall–Kier alpha value is -2.81. The Bertz CT molecular complexity index is 1150. The maximum Gasteiger partial charge on any atom is 0.322 e. The first-order valence-corrected chi connectivity index (χ1v) is 11.6. The standard InChI is InChI=1S/C23H23ClN4O3S/c1-14-19(22-26-21(27-31-22)16-5-4-6-17(24)13-16)20(15-7-9-18(32-3)10-8-15)25-23(29)28(14)11-12-30-2/h4-10,13,20H,11-12H2,1-3H3,(H,25,29). The number of allylic oxidation sites excluding steroid dienone is 1. The Morgan fingerprint density at radius 3 is 2.72 bits per heavy atom. The summed E-state index contributed by atoms with van der Waals surface area (Å²) in [7, 11) is 1.60. The van der Waals surface area contributed by atoms with Crippen LogP contribution < -0.4 is 5.32 Å². The van der Waals surface area contributed by atoms with E-state index in [9.17, 15) is 4.79 Å². The number of ether oxygens (including phenoxy) is 1. The van der Waals surface area contributed by atoms with Crippen LogP contribution in [0.3, 0.4) is 0 Å². The molecule has 0 saturated heterocycles. The van der Waals surface area contributed by atoms with E-state index >= 15 is 0 Å². The number of halogens is 1. The molecule has 1 aliphatic heterocycles. The minimum Gasteiger partial charge on any atom is -0.383 e. The molecule has 0 bridgehead atoms. The van der Waals surface area contributed by atoms with Crippen molar-refractivity contribution in [1.29, 1.82) is 0 Å². The lowest BCUT2D eigenvalue weighted by Gasteiger charge is -2.35. The fraction of sp³-hybridized carbons (Fsp3) is 0.261. The SMILES string of the molecule is COCCN1C(=O)NC(c2ccc(SC)cc2)C(c2nc(-c3cccc(Cl)c3)no2)=C1C. The molecule has 1 aromatic heterocycles. The van der Waals surface area contributed by atoms with Crippen LogP contribution in [0.15, 0.2) is 63.6 Å². The average Bonchev–Trinajstić information content (AvgIpc) is 3.28. The first-order valence-electron chi connectivity index (χ1n) is 10.0. The van der Waals surface area contributed by atoms with E-state index in [-0.39, 0.29) is 6.03 Å². The lowest BCUT2D eigenvalue weighted by Crippen LogP contribution is -2.47. The van der Waals surface area contributed by atoms with Gasteiger partial charge in [0.25, 0.3) is 5.89 Å². The lowest BCUT2D eigenvalue weighted by molar-refractivity contribution is 0.158. The maximum atomic E-state index is 12.9. The number of nitrogens with zero attached hydrogens (tertiary/aromatic N) is 3. The van der Waals surface area contributed by atoms with Crippen molar-refractivity contribution < 1.29 is 14.1 Å². The van der Waals surface area contributed by atoms with Crippen molar-refractivity contribution in [2.45, 2.75) is 17.9 Å². The van der Waals surface area contributed by atoms with Crippen LogP contribution in [0.25, 0.3) is 17.0 Å². The Morgan fingerprint density at radius 2 is 2.03 bits per heavy atom. The molecule has 0 spiro atoms. The van der Waals surface area contributed by atoms with Crippen molar-refractivity contribution in [2.24, 2.45) is 0 Å². The first-order chi connectivity index (χ1) is 15.5. The molecule has 1 N–H and O–H groups in total. The molecular formula is C23H23ClN4O3S. The smallest absolute Gasteiger partial charge is 0.322 e. The van der Waals surface area contributed by atoms with E-state index < -0.39 is 6.04 Å². The topological polar surface area (TPSA) is 80.5 Å².